The highest BCUT2D eigenvalue weighted by Gasteiger charge is 2.22. The van der Waals surface area contributed by atoms with Crippen LogP contribution in [0.1, 0.15) is 50.8 Å². The zero-order valence-electron chi connectivity index (χ0n) is 14.1. The molecule has 1 aromatic heterocycles. The molecule has 1 aromatic rings. The van der Waals surface area contributed by atoms with Gasteiger partial charge in [0.25, 0.3) is 5.91 Å². The second-order valence-corrected chi connectivity index (χ2v) is 6.51. The number of hydrogen-bond acceptors (Lipinski definition) is 3. The highest BCUT2D eigenvalue weighted by Crippen LogP contribution is 2.19. The topological polar surface area (TPSA) is 50.2 Å². The summed E-state index contributed by atoms with van der Waals surface area (Å²) in [5, 5.41) is 7.57. The Balaban J connectivity index is 2.72. The van der Waals surface area contributed by atoms with E-state index in [1.54, 1.807) is 11.7 Å². The summed E-state index contributed by atoms with van der Waals surface area (Å²) in [4.78, 5) is 14.6. The minimum absolute atomic E-state index is 0.0284. The zero-order chi connectivity index (χ0) is 16.3. The molecule has 120 valence electrons. The van der Waals surface area contributed by atoms with Gasteiger partial charge in [-0.05, 0) is 41.5 Å². The monoisotopic (exact) mass is 314 g/mol. The molecule has 1 heterocycles. The average molecular weight is 315 g/mol. The number of aryl methyl sites for hydroxylation is 1. The van der Waals surface area contributed by atoms with Crippen molar-refractivity contribution in [1.29, 1.82) is 0 Å². The summed E-state index contributed by atoms with van der Waals surface area (Å²) in [6.07, 6.45) is 0. The van der Waals surface area contributed by atoms with Gasteiger partial charge in [-0.1, -0.05) is 11.6 Å². The fourth-order valence-electron chi connectivity index (χ4n) is 2.40. The van der Waals surface area contributed by atoms with E-state index in [4.69, 9.17) is 11.6 Å². The lowest BCUT2D eigenvalue weighted by Crippen LogP contribution is -2.47. The fourth-order valence-corrected chi connectivity index (χ4v) is 2.65. The molecule has 0 aliphatic heterocycles. The molecule has 6 heteroatoms. The first-order chi connectivity index (χ1) is 9.65. The van der Waals surface area contributed by atoms with Crippen LogP contribution < -0.4 is 5.32 Å². The summed E-state index contributed by atoms with van der Waals surface area (Å²) in [6, 6.07) is 0.899. The summed E-state index contributed by atoms with van der Waals surface area (Å²) in [7, 11) is 1.78. The van der Waals surface area contributed by atoms with Gasteiger partial charge in [-0.25, -0.2) is 0 Å². The van der Waals surface area contributed by atoms with Crippen LogP contribution >= 0.6 is 11.6 Å². The van der Waals surface area contributed by atoms with Crippen molar-refractivity contribution in [3.63, 3.8) is 0 Å². The van der Waals surface area contributed by atoms with E-state index in [2.05, 4.69) is 43.0 Å². The lowest BCUT2D eigenvalue weighted by molar-refractivity contribution is 0.0905. The van der Waals surface area contributed by atoms with Gasteiger partial charge in [0.2, 0.25) is 0 Å². The molecule has 1 N–H and O–H groups in total. The maximum atomic E-state index is 12.3. The van der Waals surface area contributed by atoms with Gasteiger partial charge in [-0.15, -0.1) is 0 Å². The highest BCUT2D eigenvalue weighted by atomic mass is 35.5. The van der Waals surface area contributed by atoms with Crippen molar-refractivity contribution >= 4 is 17.5 Å². The first-order valence-electron chi connectivity index (χ1n) is 7.40. The van der Waals surface area contributed by atoms with E-state index in [1.165, 1.54) is 0 Å². The molecule has 1 atom stereocenters. The Kier molecular flexibility index (Phi) is 6.23. The van der Waals surface area contributed by atoms with Crippen molar-refractivity contribution in [2.24, 2.45) is 7.05 Å². The predicted molar refractivity (Wildman–Crippen MR) is 86.9 cm³/mol. The smallest absolute Gasteiger partial charge is 0.273 e. The minimum atomic E-state index is -0.219. The van der Waals surface area contributed by atoms with Crippen molar-refractivity contribution in [2.75, 3.05) is 6.54 Å². The summed E-state index contributed by atoms with van der Waals surface area (Å²) in [5.41, 5.74) is 1.09. The summed E-state index contributed by atoms with van der Waals surface area (Å²) >= 11 is 6.14. The van der Waals surface area contributed by atoms with Crippen LogP contribution in [0.3, 0.4) is 0 Å². The number of hydrogen-bond donors (Lipinski definition) is 1. The Hall–Kier alpha value is -1.07. The van der Waals surface area contributed by atoms with E-state index >= 15 is 0 Å². The first kappa shape index (κ1) is 18.0. The molecular weight excluding hydrogens is 288 g/mol. The molecule has 0 radical (unpaired) electrons. The molecule has 5 nitrogen and oxygen atoms in total. The molecule has 0 fully saturated rings. The molecule has 0 aromatic carbocycles. The quantitative estimate of drug-likeness (QED) is 0.878. The van der Waals surface area contributed by atoms with E-state index < -0.39 is 0 Å². The lowest BCUT2D eigenvalue weighted by atomic mass is 10.2. The van der Waals surface area contributed by atoms with Crippen LogP contribution in [-0.4, -0.2) is 45.3 Å². The largest absolute Gasteiger partial charge is 0.347 e. The Morgan fingerprint density at radius 2 is 1.81 bits per heavy atom. The summed E-state index contributed by atoms with van der Waals surface area (Å²) in [6.45, 7) is 13.3. The predicted octanol–water partition coefficient (Wildman–Crippen LogP) is 2.62. The Labute approximate surface area is 132 Å². The van der Waals surface area contributed by atoms with Gasteiger partial charge in [-0.3, -0.25) is 14.4 Å². The third-order valence-corrected chi connectivity index (χ3v) is 4.12. The van der Waals surface area contributed by atoms with Crippen molar-refractivity contribution in [1.82, 2.24) is 20.0 Å². The van der Waals surface area contributed by atoms with Gasteiger partial charge in [0.15, 0.2) is 5.69 Å². The van der Waals surface area contributed by atoms with Crippen LogP contribution in [0.25, 0.3) is 0 Å². The fraction of sp³-hybridized carbons (Fsp3) is 0.733. The second-order valence-electron chi connectivity index (χ2n) is 6.13. The SMILES string of the molecule is Cc1c(Cl)c(C(=O)N[C@@H](C)CN(C(C)C)C(C)C)nn1C. The molecule has 1 rings (SSSR count). The summed E-state index contributed by atoms with van der Waals surface area (Å²) < 4.78 is 1.62. The van der Waals surface area contributed by atoms with Crippen LogP contribution in [0.4, 0.5) is 0 Å². The number of carbonyl (C=O) groups is 1. The molecule has 21 heavy (non-hydrogen) atoms. The van der Waals surface area contributed by atoms with Gasteiger partial charge < -0.3 is 5.32 Å². The van der Waals surface area contributed by atoms with Crippen molar-refractivity contribution < 1.29 is 4.79 Å². The third-order valence-electron chi connectivity index (χ3n) is 3.66. The standard InChI is InChI=1S/C15H27ClN4O/c1-9(2)20(10(3)4)8-11(5)17-15(21)14-13(16)12(6)19(7)18-14/h9-11H,8H2,1-7H3,(H,17,21)/t11-/m0/s1. The van der Waals surface area contributed by atoms with Crippen LogP contribution in [0.2, 0.25) is 5.02 Å². The van der Waals surface area contributed by atoms with Gasteiger partial charge >= 0.3 is 0 Å². The Morgan fingerprint density at radius 3 is 2.19 bits per heavy atom. The van der Waals surface area contributed by atoms with Crippen molar-refractivity contribution in [3.8, 4) is 0 Å². The van der Waals surface area contributed by atoms with E-state index in [1.807, 2.05) is 13.8 Å². The third kappa shape index (κ3) is 4.45. The number of aromatic nitrogens is 2. The molecule has 0 bridgehead atoms. The minimum Gasteiger partial charge on any atom is -0.347 e. The molecule has 1 amide bonds. The number of nitrogens with zero attached hydrogens (tertiary/aromatic N) is 3. The molecule has 0 saturated carbocycles. The van der Waals surface area contributed by atoms with Crippen molar-refractivity contribution in [3.05, 3.63) is 16.4 Å². The van der Waals surface area contributed by atoms with Crippen molar-refractivity contribution in [2.45, 2.75) is 59.7 Å². The molecule has 0 aliphatic rings. The lowest BCUT2D eigenvalue weighted by Gasteiger charge is -2.33. The zero-order valence-corrected chi connectivity index (χ0v) is 14.8. The normalized spacial score (nSPS) is 13.3. The van der Waals surface area contributed by atoms with E-state index in [0.29, 0.717) is 22.8 Å². The van der Waals surface area contributed by atoms with Gasteiger partial charge in [0, 0.05) is 31.7 Å². The molecule has 0 spiro atoms. The van der Waals surface area contributed by atoms with Gasteiger partial charge in [0.1, 0.15) is 0 Å². The Bertz CT molecular complexity index is 488. The van der Waals surface area contributed by atoms with E-state index in [9.17, 15) is 4.79 Å². The number of amides is 1. The number of halogens is 1. The van der Waals surface area contributed by atoms with Crippen LogP contribution in [-0.2, 0) is 7.05 Å². The molecule has 0 aliphatic carbocycles. The van der Waals surface area contributed by atoms with E-state index in [-0.39, 0.29) is 11.9 Å². The number of rotatable bonds is 6. The Morgan fingerprint density at radius 1 is 1.29 bits per heavy atom. The molecule has 0 saturated heterocycles. The van der Waals surface area contributed by atoms with Crippen LogP contribution in [0.5, 0.6) is 0 Å². The number of carbonyl (C=O) groups excluding carboxylic acids is 1. The molecular formula is C15H27ClN4O. The van der Waals surface area contributed by atoms with Crippen LogP contribution in [0.15, 0.2) is 0 Å². The van der Waals surface area contributed by atoms with Gasteiger partial charge in [0.05, 0.1) is 10.7 Å². The average Bonchev–Trinajstić information content (AvgIpc) is 2.63. The number of nitrogens with one attached hydrogen (secondary N) is 1. The van der Waals surface area contributed by atoms with Gasteiger partial charge in [-0.2, -0.15) is 5.10 Å². The molecule has 0 unspecified atom stereocenters. The first-order valence-corrected chi connectivity index (χ1v) is 7.78. The highest BCUT2D eigenvalue weighted by molar-refractivity contribution is 6.34. The van der Waals surface area contributed by atoms with Crippen LogP contribution in [0, 0.1) is 6.92 Å². The maximum Gasteiger partial charge on any atom is 0.273 e. The van der Waals surface area contributed by atoms with E-state index in [0.717, 1.165) is 12.2 Å². The maximum absolute atomic E-state index is 12.3. The summed E-state index contributed by atoms with van der Waals surface area (Å²) in [5.74, 6) is -0.219. The second kappa shape index (κ2) is 7.27.